The van der Waals surface area contributed by atoms with Gasteiger partial charge in [-0.05, 0) is 59.0 Å². The molecule has 1 aromatic heterocycles. The van der Waals surface area contributed by atoms with E-state index in [0.29, 0.717) is 22.8 Å². The number of carbonyl (C=O) groups is 1. The van der Waals surface area contributed by atoms with Gasteiger partial charge in [0.05, 0.1) is 20.7 Å². The minimum absolute atomic E-state index is 0.314. The van der Waals surface area contributed by atoms with Gasteiger partial charge in [-0.2, -0.15) is 0 Å². The number of benzene rings is 3. The summed E-state index contributed by atoms with van der Waals surface area (Å²) in [5.74, 6) is -0.556. The van der Waals surface area contributed by atoms with E-state index in [4.69, 9.17) is 16.3 Å². The third-order valence-corrected chi connectivity index (χ3v) is 6.19. The summed E-state index contributed by atoms with van der Waals surface area (Å²) in [6.45, 7) is 5.50. The predicted octanol–water partition coefficient (Wildman–Crippen LogP) is 7.55. The molecule has 0 aliphatic rings. The Labute approximate surface area is 194 Å². The van der Waals surface area contributed by atoms with E-state index in [0.717, 1.165) is 38.6 Å². The summed E-state index contributed by atoms with van der Waals surface area (Å²) in [7, 11) is 0. The monoisotopic (exact) mass is 463 g/mol. The number of hydrogen-bond donors (Lipinski definition) is 0. The highest BCUT2D eigenvalue weighted by Gasteiger charge is 2.20. The van der Waals surface area contributed by atoms with E-state index in [-0.39, 0.29) is 0 Å². The molecule has 0 saturated carbocycles. The smallest absolute Gasteiger partial charge is 0.335 e. The van der Waals surface area contributed by atoms with Crippen molar-refractivity contribution in [2.75, 3.05) is 0 Å². The van der Waals surface area contributed by atoms with Crippen LogP contribution in [0.2, 0.25) is 5.02 Å². The maximum absolute atomic E-state index is 13.8. The van der Waals surface area contributed by atoms with Crippen LogP contribution >= 0.6 is 22.9 Å². The number of thiazole rings is 1. The fourth-order valence-corrected chi connectivity index (χ4v) is 4.59. The van der Waals surface area contributed by atoms with Crippen molar-refractivity contribution in [2.45, 2.75) is 13.3 Å². The molecule has 0 atom stereocenters. The van der Waals surface area contributed by atoms with E-state index in [9.17, 15) is 9.18 Å². The van der Waals surface area contributed by atoms with Crippen LogP contribution in [0.1, 0.15) is 30.0 Å². The van der Waals surface area contributed by atoms with Crippen LogP contribution in [-0.2, 0) is 4.79 Å². The highest BCUT2D eigenvalue weighted by Crippen LogP contribution is 2.41. The highest BCUT2D eigenvalue weighted by molar-refractivity contribution is 7.16. The van der Waals surface area contributed by atoms with Crippen LogP contribution in [0.25, 0.3) is 21.4 Å². The molecule has 3 aromatic carbocycles. The first-order valence-corrected chi connectivity index (χ1v) is 11.2. The Balaban J connectivity index is 2.04. The quantitative estimate of drug-likeness (QED) is 0.128. The van der Waals surface area contributed by atoms with Gasteiger partial charge in [-0.3, -0.25) is 0 Å². The average molecular weight is 464 g/mol. The van der Waals surface area contributed by atoms with Gasteiger partial charge >= 0.3 is 5.97 Å². The summed E-state index contributed by atoms with van der Waals surface area (Å²) in [5.41, 5.74) is 6.72. The van der Waals surface area contributed by atoms with Gasteiger partial charge in [0.25, 0.3) is 0 Å². The lowest BCUT2D eigenvalue weighted by atomic mass is 9.87. The zero-order valence-corrected chi connectivity index (χ0v) is 18.8. The number of hydrogen-bond acceptors (Lipinski definition) is 4. The van der Waals surface area contributed by atoms with Gasteiger partial charge in [-0.25, -0.2) is 14.2 Å². The summed E-state index contributed by atoms with van der Waals surface area (Å²) >= 11 is 8.03. The van der Waals surface area contributed by atoms with Crippen LogP contribution in [0.15, 0.2) is 78.8 Å². The average Bonchev–Trinajstić information content (AvgIpc) is 3.26. The van der Waals surface area contributed by atoms with Crippen molar-refractivity contribution in [2.24, 2.45) is 0 Å². The summed E-state index contributed by atoms with van der Waals surface area (Å²) in [4.78, 5) is 16.5. The second-order valence-electron chi connectivity index (χ2n) is 6.99. The Morgan fingerprint density at radius 2 is 1.97 bits per heavy atom. The molecule has 0 spiro atoms. The molecule has 0 radical (unpaired) electrons. The summed E-state index contributed by atoms with van der Waals surface area (Å²) in [5, 5.41) is 0.314. The third-order valence-electron chi connectivity index (χ3n) is 5.06. The minimum Gasteiger partial charge on any atom is -0.423 e. The first kappa shape index (κ1) is 21.9. The third kappa shape index (κ3) is 4.35. The van der Waals surface area contributed by atoms with Crippen LogP contribution in [0, 0.1) is 5.82 Å². The van der Waals surface area contributed by atoms with E-state index < -0.39 is 11.8 Å². The molecule has 0 fully saturated rings. The molecule has 0 amide bonds. The fraction of sp³-hybridized carbons (Fsp3) is 0.0769. The maximum Gasteiger partial charge on any atom is 0.335 e. The van der Waals surface area contributed by atoms with Crippen LogP contribution in [0.3, 0.4) is 0 Å². The molecule has 32 heavy (non-hydrogen) atoms. The number of ether oxygens (including phenoxy) is 1. The lowest BCUT2D eigenvalue weighted by Gasteiger charge is -2.19. The highest BCUT2D eigenvalue weighted by atomic mass is 35.5. The van der Waals surface area contributed by atoms with Crippen LogP contribution in [-0.4, -0.2) is 11.0 Å². The van der Waals surface area contributed by atoms with E-state index in [2.05, 4.69) is 11.6 Å². The van der Waals surface area contributed by atoms with Gasteiger partial charge < -0.3 is 4.74 Å². The Hall–Kier alpha value is -3.28. The topological polar surface area (TPSA) is 39.2 Å². The number of para-hydroxylation sites is 1. The second kappa shape index (κ2) is 9.47. The van der Waals surface area contributed by atoms with Gasteiger partial charge in [0.1, 0.15) is 11.6 Å². The molecule has 1 heterocycles. The number of esters is 1. The molecule has 0 N–H and O–H groups in total. The summed E-state index contributed by atoms with van der Waals surface area (Å²) in [6.07, 6.45) is 1.73. The van der Waals surface area contributed by atoms with Crippen LogP contribution in [0.4, 0.5) is 4.39 Å². The second-order valence-corrected chi connectivity index (χ2v) is 8.28. The lowest BCUT2D eigenvalue weighted by molar-refractivity contribution is -0.128. The van der Waals surface area contributed by atoms with E-state index >= 15 is 0 Å². The maximum atomic E-state index is 13.8. The van der Waals surface area contributed by atoms with Gasteiger partial charge in [0.2, 0.25) is 0 Å². The molecule has 160 valence electrons. The van der Waals surface area contributed by atoms with E-state index in [1.54, 1.807) is 35.0 Å². The minimum atomic E-state index is -0.551. The lowest BCUT2D eigenvalue weighted by Crippen LogP contribution is -2.06. The summed E-state index contributed by atoms with van der Waals surface area (Å²) < 4.78 is 20.4. The zero-order valence-electron chi connectivity index (χ0n) is 17.3. The molecule has 0 aliphatic carbocycles. The standard InChI is InChI=1S/C26H19ClFNO2S/c1-3-18(19-11-10-17(28)14-21(19)27)26(16-9-12-24-22(13-16)29-15-32-24)20-7-5-6-8-23(20)31-25(30)4-2/h4-15H,2-3H2,1H3/b26-18+. The van der Waals surface area contributed by atoms with E-state index in [1.165, 1.54) is 12.1 Å². The Morgan fingerprint density at radius 3 is 2.72 bits per heavy atom. The SMILES string of the molecule is C=CC(=O)Oc1ccccc1/C(=C(\CC)c1ccc(F)cc1Cl)c1ccc2scnc2c1. The molecule has 0 aliphatic heterocycles. The molecule has 0 unspecified atom stereocenters. The molecule has 0 bridgehead atoms. The number of halogens is 2. The van der Waals surface area contributed by atoms with Crippen molar-refractivity contribution in [1.29, 1.82) is 0 Å². The van der Waals surface area contributed by atoms with Crippen molar-refractivity contribution in [3.8, 4) is 5.75 Å². The van der Waals surface area contributed by atoms with E-state index in [1.807, 2.05) is 37.3 Å². The number of nitrogens with zero attached hydrogens (tertiary/aromatic N) is 1. The van der Waals surface area contributed by atoms with Crippen molar-refractivity contribution in [3.63, 3.8) is 0 Å². The Kier molecular flexibility index (Phi) is 6.49. The molecule has 4 rings (SSSR count). The van der Waals surface area contributed by atoms with Crippen LogP contribution in [0.5, 0.6) is 5.75 Å². The summed E-state index contributed by atoms with van der Waals surface area (Å²) in [6, 6.07) is 17.7. The molecule has 6 heteroatoms. The van der Waals surface area contributed by atoms with Crippen LogP contribution < -0.4 is 4.74 Å². The van der Waals surface area contributed by atoms with Crippen molar-refractivity contribution in [3.05, 3.63) is 106 Å². The number of aromatic nitrogens is 1. The molecule has 0 saturated heterocycles. The first-order chi connectivity index (χ1) is 15.5. The Morgan fingerprint density at radius 1 is 1.16 bits per heavy atom. The largest absolute Gasteiger partial charge is 0.423 e. The van der Waals surface area contributed by atoms with Gasteiger partial charge in [-0.1, -0.05) is 55.4 Å². The fourth-order valence-electron chi connectivity index (χ4n) is 3.65. The first-order valence-electron chi connectivity index (χ1n) is 9.97. The molecule has 4 aromatic rings. The van der Waals surface area contributed by atoms with Gasteiger partial charge in [0.15, 0.2) is 0 Å². The van der Waals surface area contributed by atoms with Crippen molar-refractivity contribution < 1.29 is 13.9 Å². The number of rotatable bonds is 6. The normalized spacial score (nSPS) is 11.8. The molecular weight excluding hydrogens is 445 g/mol. The molecular formula is C26H19ClFNO2S. The number of fused-ring (bicyclic) bond motifs is 1. The molecule has 3 nitrogen and oxygen atoms in total. The predicted molar refractivity (Wildman–Crippen MR) is 130 cm³/mol. The van der Waals surface area contributed by atoms with Gasteiger partial charge in [0, 0.05) is 11.6 Å². The van der Waals surface area contributed by atoms with Gasteiger partial charge in [-0.15, -0.1) is 11.3 Å². The van der Waals surface area contributed by atoms with Crippen molar-refractivity contribution >= 4 is 50.3 Å². The van der Waals surface area contributed by atoms with Crippen molar-refractivity contribution in [1.82, 2.24) is 4.98 Å². The number of allylic oxidation sites excluding steroid dienone is 1. The number of carbonyl (C=O) groups excluding carboxylic acids is 1. The Bertz CT molecular complexity index is 1360. The zero-order chi connectivity index (χ0) is 22.7.